The predicted molar refractivity (Wildman–Crippen MR) is 79.8 cm³/mol. The molecular formula is C15H14ClFN2O2. The Labute approximate surface area is 126 Å². The monoisotopic (exact) mass is 308 g/mol. The Hall–Kier alpha value is -2.27. The Morgan fingerprint density at radius 1 is 1.29 bits per heavy atom. The summed E-state index contributed by atoms with van der Waals surface area (Å²) < 4.78 is 24.4. The molecule has 4 nitrogen and oxygen atoms in total. The van der Waals surface area contributed by atoms with Crippen LogP contribution in [0.3, 0.4) is 0 Å². The van der Waals surface area contributed by atoms with Gasteiger partial charge in [0.15, 0.2) is 11.6 Å². The Kier molecular flexibility index (Phi) is 4.65. The second-order valence-corrected chi connectivity index (χ2v) is 4.69. The second kappa shape index (κ2) is 6.45. The molecular weight excluding hydrogens is 295 g/mol. The first-order chi connectivity index (χ1) is 10.0. The summed E-state index contributed by atoms with van der Waals surface area (Å²) in [6, 6.07) is 9.56. The van der Waals surface area contributed by atoms with E-state index in [0.29, 0.717) is 16.9 Å². The highest BCUT2D eigenvalue weighted by Gasteiger charge is 2.10. The van der Waals surface area contributed by atoms with Crippen LogP contribution in [0.4, 0.5) is 4.39 Å². The van der Waals surface area contributed by atoms with Gasteiger partial charge >= 0.3 is 0 Å². The van der Waals surface area contributed by atoms with Crippen LogP contribution >= 0.6 is 11.6 Å². The van der Waals surface area contributed by atoms with Crippen molar-refractivity contribution in [3.8, 4) is 11.5 Å². The number of nitrogens with two attached hydrogens (primary N) is 1. The van der Waals surface area contributed by atoms with Crippen molar-refractivity contribution in [1.82, 2.24) is 0 Å². The van der Waals surface area contributed by atoms with E-state index in [4.69, 9.17) is 32.2 Å². The molecule has 0 bridgehead atoms. The highest BCUT2D eigenvalue weighted by Crippen LogP contribution is 2.27. The molecule has 0 radical (unpaired) electrons. The van der Waals surface area contributed by atoms with Crippen molar-refractivity contribution in [2.45, 2.75) is 6.61 Å². The van der Waals surface area contributed by atoms with E-state index in [0.717, 1.165) is 0 Å². The van der Waals surface area contributed by atoms with E-state index >= 15 is 0 Å². The van der Waals surface area contributed by atoms with Gasteiger partial charge in [-0.15, -0.1) is 0 Å². The zero-order valence-electron chi connectivity index (χ0n) is 11.3. The molecule has 0 aliphatic rings. The molecule has 110 valence electrons. The van der Waals surface area contributed by atoms with Crippen molar-refractivity contribution in [3.05, 3.63) is 58.4 Å². The number of amidine groups is 1. The van der Waals surface area contributed by atoms with Gasteiger partial charge in [0.25, 0.3) is 0 Å². The first-order valence-electron chi connectivity index (χ1n) is 6.11. The van der Waals surface area contributed by atoms with Crippen LogP contribution in [-0.2, 0) is 6.61 Å². The van der Waals surface area contributed by atoms with E-state index in [1.54, 1.807) is 24.3 Å². The van der Waals surface area contributed by atoms with E-state index in [1.807, 2.05) is 0 Å². The van der Waals surface area contributed by atoms with E-state index in [-0.39, 0.29) is 23.2 Å². The Morgan fingerprint density at radius 3 is 2.71 bits per heavy atom. The van der Waals surface area contributed by atoms with Gasteiger partial charge in [0.2, 0.25) is 0 Å². The van der Waals surface area contributed by atoms with Gasteiger partial charge in [-0.05, 0) is 30.3 Å². The molecule has 0 amide bonds. The molecule has 6 heteroatoms. The number of benzene rings is 2. The summed E-state index contributed by atoms with van der Waals surface area (Å²) in [4.78, 5) is 0. The lowest BCUT2D eigenvalue weighted by molar-refractivity contribution is 0.282. The SMILES string of the molecule is COc1ccc(C(=N)N)cc1COc1cccc(Cl)c1F. The van der Waals surface area contributed by atoms with Gasteiger partial charge in [-0.2, -0.15) is 0 Å². The van der Waals surface area contributed by atoms with Gasteiger partial charge in [-0.25, -0.2) is 4.39 Å². The molecule has 0 aliphatic heterocycles. The summed E-state index contributed by atoms with van der Waals surface area (Å²) in [5.41, 5.74) is 6.65. The minimum absolute atomic E-state index is 0.00282. The third-order valence-electron chi connectivity index (χ3n) is 2.89. The van der Waals surface area contributed by atoms with Crippen LogP contribution < -0.4 is 15.2 Å². The Morgan fingerprint density at radius 2 is 2.05 bits per heavy atom. The Balaban J connectivity index is 2.24. The predicted octanol–water partition coefficient (Wildman–Crippen LogP) is 3.35. The van der Waals surface area contributed by atoms with Crippen molar-refractivity contribution < 1.29 is 13.9 Å². The van der Waals surface area contributed by atoms with Crippen molar-refractivity contribution in [2.24, 2.45) is 5.73 Å². The number of rotatable bonds is 5. The molecule has 21 heavy (non-hydrogen) atoms. The van der Waals surface area contributed by atoms with Crippen LogP contribution in [0, 0.1) is 11.2 Å². The van der Waals surface area contributed by atoms with Gasteiger partial charge in [0.05, 0.1) is 12.1 Å². The summed E-state index contributed by atoms with van der Waals surface area (Å²) >= 11 is 5.70. The molecule has 0 unspecified atom stereocenters. The third kappa shape index (κ3) is 3.44. The number of nitrogen functional groups attached to an aromatic ring is 1. The van der Waals surface area contributed by atoms with Crippen molar-refractivity contribution in [3.63, 3.8) is 0 Å². The van der Waals surface area contributed by atoms with Crippen LogP contribution in [-0.4, -0.2) is 12.9 Å². The van der Waals surface area contributed by atoms with E-state index in [2.05, 4.69) is 0 Å². The highest BCUT2D eigenvalue weighted by atomic mass is 35.5. The normalized spacial score (nSPS) is 10.2. The number of ether oxygens (including phenoxy) is 2. The molecule has 0 saturated carbocycles. The van der Waals surface area contributed by atoms with Crippen LogP contribution in [0.15, 0.2) is 36.4 Å². The van der Waals surface area contributed by atoms with Gasteiger partial charge in [0.1, 0.15) is 18.2 Å². The number of halogens is 2. The maximum atomic E-state index is 13.8. The van der Waals surface area contributed by atoms with E-state index in [1.165, 1.54) is 19.2 Å². The average Bonchev–Trinajstić information content (AvgIpc) is 2.48. The number of hydrogen-bond donors (Lipinski definition) is 2. The first-order valence-corrected chi connectivity index (χ1v) is 6.49. The van der Waals surface area contributed by atoms with E-state index in [9.17, 15) is 4.39 Å². The number of hydrogen-bond acceptors (Lipinski definition) is 3. The fourth-order valence-electron chi connectivity index (χ4n) is 1.81. The zero-order chi connectivity index (χ0) is 15.4. The standard InChI is InChI=1S/C15H14ClFN2O2/c1-20-12-6-5-9(15(18)19)7-10(12)8-21-13-4-2-3-11(16)14(13)17/h2-7H,8H2,1H3,(H3,18,19). The molecule has 2 aromatic carbocycles. The molecule has 2 aromatic rings. The Bertz CT molecular complexity index is 677. The molecule has 0 heterocycles. The first kappa shape index (κ1) is 15.1. The zero-order valence-corrected chi connectivity index (χ0v) is 12.1. The summed E-state index contributed by atoms with van der Waals surface area (Å²) in [6.45, 7) is 0.0710. The van der Waals surface area contributed by atoms with Gasteiger partial charge in [-0.1, -0.05) is 17.7 Å². The average molecular weight is 309 g/mol. The quantitative estimate of drug-likeness (QED) is 0.657. The molecule has 0 saturated heterocycles. The van der Waals surface area contributed by atoms with Crippen LogP contribution in [0.5, 0.6) is 11.5 Å². The summed E-state index contributed by atoms with van der Waals surface area (Å²) in [5.74, 6) is -0.0473. The van der Waals surface area contributed by atoms with Crippen molar-refractivity contribution in [2.75, 3.05) is 7.11 Å². The van der Waals surface area contributed by atoms with Crippen molar-refractivity contribution >= 4 is 17.4 Å². The lowest BCUT2D eigenvalue weighted by Crippen LogP contribution is -2.12. The topological polar surface area (TPSA) is 68.3 Å². The number of nitrogens with one attached hydrogen (secondary N) is 1. The van der Waals surface area contributed by atoms with Gasteiger partial charge < -0.3 is 15.2 Å². The maximum Gasteiger partial charge on any atom is 0.183 e. The molecule has 0 atom stereocenters. The smallest absolute Gasteiger partial charge is 0.183 e. The lowest BCUT2D eigenvalue weighted by Gasteiger charge is -2.12. The second-order valence-electron chi connectivity index (χ2n) is 4.28. The summed E-state index contributed by atoms with van der Waals surface area (Å²) in [7, 11) is 1.52. The van der Waals surface area contributed by atoms with Crippen LogP contribution in [0.1, 0.15) is 11.1 Å². The summed E-state index contributed by atoms with van der Waals surface area (Å²) in [6.07, 6.45) is 0. The molecule has 3 N–H and O–H groups in total. The minimum atomic E-state index is -0.610. The van der Waals surface area contributed by atoms with E-state index < -0.39 is 5.82 Å². The highest BCUT2D eigenvalue weighted by molar-refractivity contribution is 6.30. The van der Waals surface area contributed by atoms with Gasteiger partial charge in [-0.3, -0.25) is 5.41 Å². The lowest BCUT2D eigenvalue weighted by atomic mass is 10.1. The fraction of sp³-hybridized carbons (Fsp3) is 0.133. The molecule has 0 aliphatic carbocycles. The largest absolute Gasteiger partial charge is 0.496 e. The minimum Gasteiger partial charge on any atom is -0.496 e. The molecule has 0 spiro atoms. The summed E-state index contributed by atoms with van der Waals surface area (Å²) in [5, 5.41) is 7.43. The van der Waals surface area contributed by atoms with Gasteiger partial charge in [0, 0.05) is 11.1 Å². The number of methoxy groups -OCH3 is 1. The van der Waals surface area contributed by atoms with Crippen LogP contribution in [0.2, 0.25) is 5.02 Å². The fourth-order valence-corrected chi connectivity index (χ4v) is 1.98. The van der Waals surface area contributed by atoms with Crippen molar-refractivity contribution in [1.29, 1.82) is 5.41 Å². The third-order valence-corrected chi connectivity index (χ3v) is 3.18. The molecule has 0 aromatic heterocycles. The molecule has 2 rings (SSSR count). The molecule has 0 fully saturated rings. The maximum absolute atomic E-state index is 13.8. The van der Waals surface area contributed by atoms with Crippen LogP contribution in [0.25, 0.3) is 0 Å².